The number of hydrogen-bond donors (Lipinski definition) is 1. The highest BCUT2D eigenvalue weighted by Crippen LogP contribution is 2.29. The van der Waals surface area contributed by atoms with E-state index in [9.17, 15) is 0 Å². The van der Waals surface area contributed by atoms with Crippen LogP contribution in [0.1, 0.15) is 18.2 Å². The summed E-state index contributed by atoms with van der Waals surface area (Å²) in [7, 11) is 2.00. The molecule has 1 aliphatic heterocycles. The third-order valence-corrected chi connectivity index (χ3v) is 3.82. The third-order valence-electron chi connectivity index (χ3n) is 2.58. The first kappa shape index (κ1) is 10.1. The molecule has 0 aromatic carbocycles. The molecule has 2 heterocycles. The second-order valence-corrected chi connectivity index (χ2v) is 4.74. The second kappa shape index (κ2) is 4.84. The fraction of sp³-hybridized carbons (Fsp3) is 0.700. The first-order chi connectivity index (χ1) is 6.92. The zero-order chi connectivity index (χ0) is 9.80. The summed E-state index contributed by atoms with van der Waals surface area (Å²) in [6.45, 7) is 1.09. The third kappa shape index (κ3) is 2.12. The van der Waals surface area contributed by atoms with Gasteiger partial charge in [0.15, 0.2) is 0 Å². The Labute approximate surface area is 89.3 Å². The molecule has 1 aromatic heterocycles. The second-order valence-electron chi connectivity index (χ2n) is 3.67. The largest absolute Gasteiger partial charge is 0.320 e. The molecule has 0 bridgehead atoms. The summed E-state index contributed by atoms with van der Waals surface area (Å²) < 4.78 is 2.21. The lowest BCUT2D eigenvalue weighted by atomic mass is 10.2. The Morgan fingerprint density at radius 2 is 2.50 bits per heavy atom. The van der Waals surface area contributed by atoms with E-state index in [2.05, 4.69) is 21.2 Å². The van der Waals surface area contributed by atoms with Crippen LogP contribution in [0.3, 0.4) is 0 Å². The molecule has 4 heteroatoms. The molecule has 2 rings (SSSR count). The lowest BCUT2D eigenvalue weighted by molar-refractivity contribution is 0.499. The Bertz CT molecular complexity index is 281. The summed E-state index contributed by atoms with van der Waals surface area (Å²) >= 11 is 2.01. The number of nitrogens with one attached hydrogen (secondary N) is 1. The lowest BCUT2D eigenvalue weighted by Gasteiger charge is -2.27. The van der Waals surface area contributed by atoms with Gasteiger partial charge in [-0.05, 0) is 32.5 Å². The molecule has 0 amide bonds. The van der Waals surface area contributed by atoms with Crippen molar-refractivity contribution in [2.45, 2.75) is 18.9 Å². The van der Waals surface area contributed by atoms with Gasteiger partial charge in [-0.1, -0.05) is 0 Å². The molecule has 0 saturated carbocycles. The molecule has 0 atom stereocenters. The summed E-state index contributed by atoms with van der Waals surface area (Å²) in [6.07, 6.45) is 4.27. The van der Waals surface area contributed by atoms with Gasteiger partial charge in [0.05, 0.1) is 6.04 Å². The van der Waals surface area contributed by atoms with Crippen LogP contribution in [-0.4, -0.2) is 34.9 Å². The van der Waals surface area contributed by atoms with Gasteiger partial charge in [0.1, 0.15) is 0 Å². The Kier molecular flexibility index (Phi) is 3.48. The van der Waals surface area contributed by atoms with Crippen molar-refractivity contribution in [1.29, 1.82) is 0 Å². The maximum Gasteiger partial charge on any atom is 0.0702 e. The van der Waals surface area contributed by atoms with Crippen molar-refractivity contribution in [3.63, 3.8) is 0 Å². The molecular formula is C10H17N3S. The van der Waals surface area contributed by atoms with Crippen molar-refractivity contribution in [3.05, 3.63) is 18.0 Å². The van der Waals surface area contributed by atoms with E-state index < -0.39 is 0 Å². The summed E-state index contributed by atoms with van der Waals surface area (Å²) in [4.78, 5) is 0. The first-order valence-corrected chi connectivity index (χ1v) is 6.32. The van der Waals surface area contributed by atoms with E-state index in [0.29, 0.717) is 6.04 Å². The van der Waals surface area contributed by atoms with Gasteiger partial charge in [0, 0.05) is 23.4 Å². The average molecular weight is 211 g/mol. The number of aryl methyl sites for hydroxylation is 1. The zero-order valence-corrected chi connectivity index (χ0v) is 9.39. The monoisotopic (exact) mass is 211 g/mol. The molecule has 0 aliphatic carbocycles. The SMILES string of the molecule is CNCCCc1ccnn1C1CSC1. The Hall–Kier alpha value is -0.480. The molecule has 1 N–H and O–H groups in total. The van der Waals surface area contributed by atoms with E-state index in [-0.39, 0.29) is 0 Å². The minimum Gasteiger partial charge on any atom is -0.320 e. The van der Waals surface area contributed by atoms with Crippen molar-refractivity contribution < 1.29 is 0 Å². The van der Waals surface area contributed by atoms with Crippen LogP contribution in [-0.2, 0) is 6.42 Å². The van der Waals surface area contributed by atoms with Gasteiger partial charge in [-0.15, -0.1) is 0 Å². The van der Waals surface area contributed by atoms with Crippen molar-refractivity contribution in [3.8, 4) is 0 Å². The quantitative estimate of drug-likeness (QED) is 0.745. The number of aromatic nitrogens is 2. The molecule has 14 heavy (non-hydrogen) atoms. The van der Waals surface area contributed by atoms with Crippen LogP contribution in [0.4, 0.5) is 0 Å². The lowest BCUT2D eigenvalue weighted by Crippen LogP contribution is -2.25. The molecule has 1 fully saturated rings. The smallest absolute Gasteiger partial charge is 0.0702 e. The Balaban J connectivity index is 1.91. The van der Waals surface area contributed by atoms with Crippen molar-refractivity contribution in [2.75, 3.05) is 25.1 Å². The maximum atomic E-state index is 4.40. The van der Waals surface area contributed by atoms with Crippen LogP contribution in [0, 0.1) is 0 Å². The van der Waals surface area contributed by atoms with E-state index in [4.69, 9.17) is 0 Å². The molecule has 1 saturated heterocycles. The predicted molar refractivity (Wildman–Crippen MR) is 60.8 cm³/mol. The summed E-state index contributed by atoms with van der Waals surface area (Å²) in [5.74, 6) is 2.47. The van der Waals surface area contributed by atoms with Crippen LogP contribution < -0.4 is 5.32 Å². The normalized spacial score (nSPS) is 16.9. The van der Waals surface area contributed by atoms with Crippen molar-refractivity contribution >= 4 is 11.8 Å². The number of hydrogen-bond acceptors (Lipinski definition) is 3. The van der Waals surface area contributed by atoms with Gasteiger partial charge in [-0.25, -0.2) is 0 Å². The Morgan fingerprint density at radius 3 is 3.14 bits per heavy atom. The number of rotatable bonds is 5. The highest BCUT2D eigenvalue weighted by atomic mass is 32.2. The van der Waals surface area contributed by atoms with Crippen molar-refractivity contribution in [2.24, 2.45) is 0 Å². The first-order valence-electron chi connectivity index (χ1n) is 5.16. The number of nitrogens with zero attached hydrogens (tertiary/aromatic N) is 2. The predicted octanol–water partition coefficient (Wildman–Crippen LogP) is 1.32. The summed E-state index contributed by atoms with van der Waals surface area (Å²) in [5.41, 5.74) is 1.39. The molecule has 78 valence electrons. The summed E-state index contributed by atoms with van der Waals surface area (Å²) in [5, 5.41) is 7.57. The molecular weight excluding hydrogens is 194 g/mol. The van der Waals surface area contributed by atoms with Crippen LogP contribution in [0.5, 0.6) is 0 Å². The van der Waals surface area contributed by atoms with Crippen molar-refractivity contribution in [1.82, 2.24) is 15.1 Å². The van der Waals surface area contributed by atoms with E-state index >= 15 is 0 Å². The van der Waals surface area contributed by atoms with Gasteiger partial charge in [0.2, 0.25) is 0 Å². The van der Waals surface area contributed by atoms with Crippen LogP contribution >= 0.6 is 11.8 Å². The standard InChI is InChI=1S/C10H17N3S/c1-11-5-2-3-9-4-6-12-13(9)10-7-14-8-10/h4,6,10-11H,2-3,5,7-8H2,1H3. The highest BCUT2D eigenvalue weighted by molar-refractivity contribution is 8.00. The minimum absolute atomic E-state index is 0.666. The van der Waals surface area contributed by atoms with Gasteiger partial charge in [-0.3, -0.25) is 4.68 Å². The molecule has 3 nitrogen and oxygen atoms in total. The summed E-state index contributed by atoms with van der Waals surface area (Å²) in [6, 6.07) is 2.82. The molecule has 0 spiro atoms. The van der Waals surface area contributed by atoms with E-state index in [1.165, 1.54) is 23.6 Å². The average Bonchev–Trinajstić information content (AvgIpc) is 2.51. The minimum atomic E-state index is 0.666. The van der Waals surface area contributed by atoms with E-state index in [0.717, 1.165) is 13.0 Å². The van der Waals surface area contributed by atoms with E-state index in [1.807, 2.05) is 25.0 Å². The fourth-order valence-corrected chi connectivity index (χ4v) is 2.41. The van der Waals surface area contributed by atoms with Gasteiger partial charge in [-0.2, -0.15) is 16.9 Å². The topological polar surface area (TPSA) is 29.9 Å². The molecule has 1 aromatic rings. The fourth-order valence-electron chi connectivity index (χ4n) is 1.68. The van der Waals surface area contributed by atoms with E-state index in [1.54, 1.807) is 0 Å². The van der Waals surface area contributed by atoms with Gasteiger partial charge >= 0.3 is 0 Å². The van der Waals surface area contributed by atoms with Gasteiger partial charge < -0.3 is 5.32 Å². The van der Waals surface area contributed by atoms with Gasteiger partial charge in [0.25, 0.3) is 0 Å². The van der Waals surface area contributed by atoms with Crippen LogP contribution in [0.2, 0.25) is 0 Å². The molecule has 1 aliphatic rings. The molecule has 0 radical (unpaired) electrons. The Morgan fingerprint density at radius 1 is 1.64 bits per heavy atom. The van der Waals surface area contributed by atoms with Crippen LogP contribution in [0.25, 0.3) is 0 Å². The zero-order valence-electron chi connectivity index (χ0n) is 8.57. The maximum absolute atomic E-state index is 4.40. The number of thioether (sulfide) groups is 1. The molecule has 0 unspecified atom stereocenters. The highest BCUT2D eigenvalue weighted by Gasteiger charge is 2.22. The van der Waals surface area contributed by atoms with Crippen LogP contribution in [0.15, 0.2) is 12.3 Å².